The second kappa shape index (κ2) is 9.26. The van der Waals surface area contributed by atoms with Crippen LogP contribution in [0, 0.1) is 17.3 Å². The number of carbonyl (C=O) groups is 2. The molecule has 2 fully saturated rings. The van der Waals surface area contributed by atoms with Gasteiger partial charge < -0.3 is 16.0 Å². The van der Waals surface area contributed by atoms with Crippen molar-refractivity contribution in [1.82, 2.24) is 10.6 Å². The van der Waals surface area contributed by atoms with E-state index in [1.165, 1.54) is 6.42 Å². The average Bonchev–Trinajstić information content (AvgIpc) is 3.05. The van der Waals surface area contributed by atoms with Crippen molar-refractivity contribution in [2.24, 2.45) is 17.3 Å². The molecule has 0 bridgehead atoms. The number of nitrogens with one attached hydrogen (secondary N) is 3. The number of hydrogen-bond donors (Lipinski definition) is 3. The van der Waals surface area contributed by atoms with Crippen molar-refractivity contribution in [2.45, 2.75) is 39.5 Å². The van der Waals surface area contributed by atoms with E-state index >= 15 is 0 Å². The summed E-state index contributed by atoms with van der Waals surface area (Å²) in [6.07, 6.45) is 4.34. The first-order valence-electron chi connectivity index (χ1n) is 9.52. The number of anilines is 1. The molecule has 1 aromatic rings. The van der Waals surface area contributed by atoms with Crippen LogP contribution in [-0.4, -0.2) is 31.4 Å². The molecule has 5 nitrogen and oxygen atoms in total. The standard InChI is InChI=1S/C20H28ClN3O2.ClH/c1-13(2)10-23-18(25)16-7-6-15(9-17(16)21)24-19(26)20-8-4-3-5-14(20)11-22-12-20;/h6-7,9,13-14,22H,3-5,8,10-12H2,1-2H3,(H,23,25)(H,24,26);1H/t14-,20+;/m0./s1. The van der Waals surface area contributed by atoms with Crippen molar-refractivity contribution in [2.75, 3.05) is 25.0 Å². The Morgan fingerprint density at radius 3 is 2.81 bits per heavy atom. The van der Waals surface area contributed by atoms with E-state index in [1.807, 2.05) is 13.8 Å². The highest BCUT2D eigenvalue weighted by molar-refractivity contribution is 6.34. The fourth-order valence-corrected chi connectivity index (χ4v) is 4.38. The highest BCUT2D eigenvalue weighted by Crippen LogP contribution is 2.44. The molecule has 7 heteroatoms. The molecule has 150 valence electrons. The number of amides is 2. The Balaban J connectivity index is 0.00000261. The Hall–Kier alpha value is -1.30. The number of fused-ring (bicyclic) bond motifs is 1. The SMILES string of the molecule is CC(C)CNC(=O)c1ccc(NC(=O)[C@@]23CCCC[C@H]2CNC3)cc1Cl.Cl. The summed E-state index contributed by atoms with van der Waals surface area (Å²) in [4.78, 5) is 25.2. The highest BCUT2D eigenvalue weighted by Gasteiger charge is 2.49. The molecule has 1 saturated heterocycles. The third-order valence-electron chi connectivity index (χ3n) is 5.63. The first-order chi connectivity index (χ1) is 12.4. The summed E-state index contributed by atoms with van der Waals surface area (Å²) in [6.45, 7) is 6.34. The van der Waals surface area contributed by atoms with E-state index in [-0.39, 0.29) is 29.6 Å². The summed E-state index contributed by atoms with van der Waals surface area (Å²) in [6, 6.07) is 5.10. The Kier molecular flexibility index (Phi) is 7.55. The summed E-state index contributed by atoms with van der Waals surface area (Å²) in [7, 11) is 0. The van der Waals surface area contributed by atoms with Gasteiger partial charge in [0.25, 0.3) is 5.91 Å². The largest absolute Gasteiger partial charge is 0.352 e. The molecule has 0 unspecified atom stereocenters. The molecule has 2 aliphatic rings. The Bertz CT molecular complexity index is 696. The topological polar surface area (TPSA) is 70.2 Å². The average molecular weight is 414 g/mol. The highest BCUT2D eigenvalue weighted by atomic mass is 35.5. The summed E-state index contributed by atoms with van der Waals surface area (Å²) in [5, 5.41) is 9.64. The molecule has 1 saturated carbocycles. The van der Waals surface area contributed by atoms with E-state index in [4.69, 9.17) is 11.6 Å². The third-order valence-corrected chi connectivity index (χ3v) is 5.95. The summed E-state index contributed by atoms with van der Waals surface area (Å²) >= 11 is 6.29. The zero-order valence-corrected chi connectivity index (χ0v) is 17.5. The maximum Gasteiger partial charge on any atom is 0.252 e. The molecule has 0 aromatic heterocycles. The molecular weight excluding hydrogens is 385 g/mol. The molecule has 1 aromatic carbocycles. The molecule has 1 aliphatic heterocycles. The molecular formula is C20H29Cl2N3O2. The Morgan fingerprint density at radius 1 is 1.33 bits per heavy atom. The maximum atomic E-state index is 13.0. The first kappa shape index (κ1) is 22.0. The van der Waals surface area contributed by atoms with Gasteiger partial charge in [0.1, 0.15) is 0 Å². The lowest BCUT2D eigenvalue weighted by atomic mass is 9.67. The second-order valence-electron chi connectivity index (χ2n) is 7.98. The fourth-order valence-electron chi connectivity index (χ4n) is 4.12. The predicted molar refractivity (Wildman–Crippen MR) is 112 cm³/mol. The smallest absolute Gasteiger partial charge is 0.252 e. The number of benzene rings is 1. The van der Waals surface area contributed by atoms with Crippen LogP contribution >= 0.6 is 24.0 Å². The van der Waals surface area contributed by atoms with Gasteiger partial charge in [-0.2, -0.15) is 0 Å². The molecule has 2 amide bonds. The van der Waals surface area contributed by atoms with Gasteiger partial charge in [0.05, 0.1) is 16.0 Å². The Morgan fingerprint density at radius 2 is 2.11 bits per heavy atom. The van der Waals surface area contributed by atoms with E-state index in [2.05, 4.69) is 16.0 Å². The van der Waals surface area contributed by atoms with Crippen LogP contribution in [0.2, 0.25) is 5.02 Å². The third kappa shape index (κ3) is 4.76. The minimum absolute atomic E-state index is 0. The van der Waals surface area contributed by atoms with Gasteiger partial charge in [-0.3, -0.25) is 9.59 Å². The quantitative estimate of drug-likeness (QED) is 0.685. The zero-order valence-electron chi connectivity index (χ0n) is 15.9. The van der Waals surface area contributed by atoms with Crippen molar-refractivity contribution >= 4 is 41.5 Å². The van der Waals surface area contributed by atoms with Crippen LogP contribution in [0.25, 0.3) is 0 Å². The number of hydrogen-bond acceptors (Lipinski definition) is 3. The lowest BCUT2D eigenvalue weighted by Gasteiger charge is -2.37. The lowest BCUT2D eigenvalue weighted by Crippen LogP contribution is -2.44. The first-order valence-corrected chi connectivity index (χ1v) is 9.90. The van der Waals surface area contributed by atoms with E-state index in [1.54, 1.807) is 18.2 Å². The van der Waals surface area contributed by atoms with Crippen LogP contribution in [0.4, 0.5) is 5.69 Å². The van der Waals surface area contributed by atoms with E-state index in [0.29, 0.717) is 34.7 Å². The lowest BCUT2D eigenvalue weighted by molar-refractivity contribution is -0.128. The monoisotopic (exact) mass is 413 g/mol. The van der Waals surface area contributed by atoms with Crippen LogP contribution < -0.4 is 16.0 Å². The normalized spacial score (nSPS) is 24.1. The van der Waals surface area contributed by atoms with Crippen molar-refractivity contribution in [3.63, 3.8) is 0 Å². The van der Waals surface area contributed by atoms with Crippen LogP contribution in [0.5, 0.6) is 0 Å². The molecule has 27 heavy (non-hydrogen) atoms. The van der Waals surface area contributed by atoms with E-state index in [0.717, 1.165) is 32.4 Å². The Labute approximate surface area is 172 Å². The molecule has 1 heterocycles. The predicted octanol–water partition coefficient (Wildman–Crippen LogP) is 3.87. The summed E-state index contributed by atoms with van der Waals surface area (Å²) < 4.78 is 0. The van der Waals surface area contributed by atoms with E-state index in [9.17, 15) is 9.59 Å². The number of carbonyl (C=O) groups excluding carboxylic acids is 2. The van der Waals surface area contributed by atoms with E-state index < -0.39 is 0 Å². The van der Waals surface area contributed by atoms with Gasteiger partial charge in [0, 0.05) is 18.8 Å². The van der Waals surface area contributed by atoms with Gasteiger partial charge in [0.2, 0.25) is 5.91 Å². The van der Waals surface area contributed by atoms with Crippen molar-refractivity contribution in [1.29, 1.82) is 0 Å². The van der Waals surface area contributed by atoms with Gasteiger partial charge in [-0.15, -0.1) is 12.4 Å². The molecule has 1 aliphatic carbocycles. The summed E-state index contributed by atoms with van der Waals surface area (Å²) in [5.41, 5.74) is 0.769. The zero-order chi connectivity index (χ0) is 18.7. The van der Waals surface area contributed by atoms with Crippen LogP contribution in [-0.2, 0) is 4.79 Å². The number of halogens is 2. The van der Waals surface area contributed by atoms with Gasteiger partial charge in [-0.1, -0.05) is 38.3 Å². The molecule has 0 radical (unpaired) electrons. The van der Waals surface area contributed by atoms with Crippen LogP contribution in [0.15, 0.2) is 18.2 Å². The van der Waals surface area contributed by atoms with Crippen molar-refractivity contribution in [3.8, 4) is 0 Å². The van der Waals surface area contributed by atoms with Crippen molar-refractivity contribution < 1.29 is 9.59 Å². The minimum Gasteiger partial charge on any atom is -0.352 e. The van der Waals surface area contributed by atoms with Crippen LogP contribution in [0.3, 0.4) is 0 Å². The number of rotatable bonds is 5. The van der Waals surface area contributed by atoms with Gasteiger partial charge in [0.15, 0.2) is 0 Å². The minimum atomic E-state index is -0.308. The van der Waals surface area contributed by atoms with Gasteiger partial charge >= 0.3 is 0 Å². The molecule has 0 spiro atoms. The van der Waals surface area contributed by atoms with Crippen molar-refractivity contribution in [3.05, 3.63) is 28.8 Å². The maximum absolute atomic E-state index is 13.0. The van der Waals surface area contributed by atoms with Gasteiger partial charge in [-0.25, -0.2) is 0 Å². The second-order valence-corrected chi connectivity index (χ2v) is 8.39. The van der Waals surface area contributed by atoms with Crippen LogP contribution in [0.1, 0.15) is 49.9 Å². The van der Waals surface area contributed by atoms with Gasteiger partial charge in [-0.05, 0) is 49.4 Å². The molecule has 2 atom stereocenters. The summed E-state index contributed by atoms with van der Waals surface area (Å²) in [5.74, 6) is 0.666. The molecule has 3 N–H and O–H groups in total. The molecule has 3 rings (SSSR count). The fraction of sp³-hybridized carbons (Fsp3) is 0.600.